The van der Waals surface area contributed by atoms with Crippen molar-refractivity contribution in [2.24, 2.45) is 0 Å². The van der Waals surface area contributed by atoms with Crippen LogP contribution in [0.3, 0.4) is 0 Å². The topological polar surface area (TPSA) is 37.8 Å². The number of aryl methyl sites for hydroxylation is 2. The number of hydrogen-bond donors (Lipinski definition) is 1. The number of rotatable bonds is 5. The van der Waals surface area contributed by atoms with Crippen molar-refractivity contribution < 1.29 is 0 Å². The molecule has 106 valence electrons. The molecule has 0 radical (unpaired) electrons. The van der Waals surface area contributed by atoms with Crippen LogP contribution in [0.25, 0.3) is 11.4 Å². The zero-order valence-electron chi connectivity index (χ0n) is 12.2. The largest absolute Gasteiger partial charge is 0.369 e. The highest BCUT2D eigenvalue weighted by molar-refractivity contribution is 14.1. The number of halogens is 1. The smallest absolute Gasteiger partial charge is 0.162 e. The molecule has 1 aromatic carbocycles. The molecule has 0 atom stereocenters. The van der Waals surface area contributed by atoms with Crippen molar-refractivity contribution in [2.45, 2.75) is 33.6 Å². The van der Waals surface area contributed by atoms with Gasteiger partial charge < -0.3 is 5.32 Å². The van der Waals surface area contributed by atoms with Crippen LogP contribution in [0.1, 0.15) is 31.5 Å². The SMILES string of the molecule is CCCNc1nc(-c2ccccc2CC)nc(C)c1I. The molecule has 3 nitrogen and oxygen atoms in total. The van der Waals surface area contributed by atoms with Crippen LogP contribution in [-0.2, 0) is 6.42 Å². The maximum Gasteiger partial charge on any atom is 0.162 e. The monoisotopic (exact) mass is 381 g/mol. The van der Waals surface area contributed by atoms with Gasteiger partial charge in [-0.05, 0) is 47.9 Å². The molecule has 0 aliphatic rings. The van der Waals surface area contributed by atoms with E-state index in [0.717, 1.165) is 45.9 Å². The Kier molecular flexibility index (Phi) is 5.34. The average Bonchev–Trinajstić information content (AvgIpc) is 2.48. The van der Waals surface area contributed by atoms with Gasteiger partial charge in [0.25, 0.3) is 0 Å². The Bertz CT molecular complexity index is 596. The molecule has 0 amide bonds. The minimum Gasteiger partial charge on any atom is -0.369 e. The molecule has 0 aliphatic heterocycles. The first-order valence-electron chi connectivity index (χ1n) is 7.03. The van der Waals surface area contributed by atoms with Gasteiger partial charge in [-0.1, -0.05) is 38.1 Å². The molecule has 0 spiro atoms. The van der Waals surface area contributed by atoms with Gasteiger partial charge in [-0.3, -0.25) is 0 Å². The Morgan fingerprint density at radius 1 is 1.15 bits per heavy atom. The van der Waals surface area contributed by atoms with Crippen molar-refractivity contribution in [1.29, 1.82) is 0 Å². The van der Waals surface area contributed by atoms with Gasteiger partial charge in [0.1, 0.15) is 5.82 Å². The summed E-state index contributed by atoms with van der Waals surface area (Å²) in [5.74, 6) is 1.76. The molecular formula is C16H20IN3. The molecule has 0 unspecified atom stereocenters. The van der Waals surface area contributed by atoms with Crippen molar-refractivity contribution in [3.63, 3.8) is 0 Å². The summed E-state index contributed by atoms with van der Waals surface area (Å²) in [7, 11) is 0. The van der Waals surface area contributed by atoms with Gasteiger partial charge in [0.15, 0.2) is 5.82 Å². The third-order valence-corrected chi connectivity index (χ3v) is 4.49. The summed E-state index contributed by atoms with van der Waals surface area (Å²) in [5.41, 5.74) is 3.45. The van der Waals surface area contributed by atoms with Crippen molar-refractivity contribution in [1.82, 2.24) is 9.97 Å². The van der Waals surface area contributed by atoms with Crippen LogP contribution in [0, 0.1) is 10.5 Å². The van der Waals surface area contributed by atoms with E-state index in [1.807, 2.05) is 13.0 Å². The standard InChI is InChI=1S/C16H20IN3/c1-4-10-18-16-14(17)11(3)19-15(20-16)13-9-7-6-8-12(13)5-2/h6-9H,4-5,10H2,1-3H3,(H,18,19,20). The number of benzene rings is 1. The summed E-state index contributed by atoms with van der Waals surface area (Å²) in [6.45, 7) is 7.29. The molecule has 4 heteroatoms. The highest BCUT2D eigenvalue weighted by Gasteiger charge is 2.12. The predicted octanol–water partition coefficient (Wildman–Crippen LogP) is 4.44. The summed E-state index contributed by atoms with van der Waals surface area (Å²) < 4.78 is 1.11. The Morgan fingerprint density at radius 3 is 2.60 bits per heavy atom. The summed E-state index contributed by atoms with van der Waals surface area (Å²) in [4.78, 5) is 9.38. The maximum atomic E-state index is 4.72. The summed E-state index contributed by atoms with van der Waals surface area (Å²) in [6.07, 6.45) is 2.07. The number of nitrogens with one attached hydrogen (secondary N) is 1. The fraction of sp³-hybridized carbons (Fsp3) is 0.375. The minimum absolute atomic E-state index is 0.818. The summed E-state index contributed by atoms with van der Waals surface area (Å²) >= 11 is 2.31. The van der Waals surface area contributed by atoms with Gasteiger partial charge in [0.2, 0.25) is 0 Å². The van der Waals surface area contributed by atoms with E-state index in [-0.39, 0.29) is 0 Å². The molecule has 0 saturated carbocycles. The number of nitrogens with zero attached hydrogens (tertiary/aromatic N) is 2. The van der Waals surface area contributed by atoms with Crippen LogP contribution in [0.4, 0.5) is 5.82 Å². The molecule has 20 heavy (non-hydrogen) atoms. The normalized spacial score (nSPS) is 10.6. The molecule has 2 aromatic rings. The third kappa shape index (κ3) is 3.29. The van der Waals surface area contributed by atoms with E-state index < -0.39 is 0 Å². The van der Waals surface area contributed by atoms with Gasteiger partial charge >= 0.3 is 0 Å². The van der Waals surface area contributed by atoms with E-state index in [1.165, 1.54) is 5.56 Å². The Hall–Kier alpha value is -1.17. The van der Waals surface area contributed by atoms with E-state index in [9.17, 15) is 0 Å². The first kappa shape index (κ1) is 15.2. The van der Waals surface area contributed by atoms with Crippen molar-refractivity contribution >= 4 is 28.4 Å². The third-order valence-electron chi connectivity index (χ3n) is 3.20. The van der Waals surface area contributed by atoms with E-state index in [2.05, 4.69) is 64.9 Å². The zero-order valence-corrected chi connectivity index (χ0v) is 14.4. The highest BCUT2D eigenvalue weighted by Crippen LogP contribution is 2.26. The zero-order chi connectivity index (χ0) is 14.5. The van der Waals surface area contributed by atoms with Crippen LogP contribution >= 0.6 is 22.6 Å². The summed E-state index contributed by atoms with van der Waals surface area (Å²) in [6, 6.07) is 8.36. The molecule has 1 N–H and O–H groups in total. The molecular weight excluding hydrogens is 361 g/mol. The molecule has 1 heterocycles. The number of hydrogen-bond acceptors (Lipinski definition) is 3. The highest BCUT2D eigenvalue weighted by atomic mass is 127. The van der Waals surface area contributed by atoms with E-state index in [1.54, 1.807) is 0 Å². The maximum absolute atomic E-state index is 4.72. The van der Waals surface area contributed by atoms with Gasteiger partial charge in [-0.15, -0.1) is 0 Å². The van der Waals surface area contributed by atoms with Gasteiger partial charge in [-0.25, -0.2) is 9.97 Å². The molecule has 1 aromatic heterocycles. The van der Waals surface area contributed by atoms with E-state index in [0.29, 0.717) is 0 Å². The fourth-order valence-electron chi connectivity index (χ4n) is 2.09. The predicted molar refractivity (Wildman–Crippen MR) is 93.1 cm³/mol. The second kappa shape index (κ2) is 7.02. The van der Waals surface area contributed by atoms with Crippen molar-refractivity contribution in [2.75, 3.05) is 11.9 Å². The average molecular weight is 381 g/mol. The Labute approximate surface area is 134 Å². The second-order valence-corrected chi connectivity index (χ2v) is 5.81. The van der Waals surface area contributed by atoms with Gasteiger partial charge in [0, 0.05) is 12.1 Å². The lowest BCUT2D eigenvalue weighted by molar-refractivity contribution is 0.957. The van der Waals surface area contributed by atoms with Crippen LogP contribution < -0.4 is 5.32 Å². The lowest BCUT2D eigenvalue weighted by Crippen LogP contribution is -2.08. The lowest BCUT2D eigenvalue weighted by atomic mass is 10.0. The van der Waals surface area contributed by atoms with Crippen LogP contribution in [0.2, 0.25) is 0 Å². The minimum atomic E-state index is 0.818. The number of aromatic nitrogens is 2. The van der Waals surface area contributed by atoms with Gasteiger partial charge in [-0.2, -0.15) is 0 Å². The molecule has 0 fully saturated rings. The second-order valence-electron chi connectivity index (χ2n) is 4.73. The Balaban J connectivity index is 2.49. The first-order valence-corrected chi connectivity index (χ1v) is 8.11. The first-order chi connectivity index (χ1) is 9.67. The quantitative estimate of drug-likeness (QED) is 0.779. The fourth-order valence-corrected chi connectivity index (χ4v) is 2.52. The number of anilines is 1. The molecule has 0 aliphatic carbocycles. The molecule has 0 saturated heterocycles. The van der Waals surface area contributed by atoms with E-state index in [4.69, 9.17) is 4.98 Å². The molecule has 0 bridgehead atoms. The van der Waals surface area contributed by atoms with E-state index >= 15 is 0 Å². The Morgan fingerprint density at radius 2 is 1.90 bits per heavy atom. The molecule has 2 rings (SSSR count). The van der Waals surface area contributed by atoms with Crippen molar-refractivity contribution in [3.05, 3.63) is 39.1 Å². The van der Waals surface area contributed by atoms with Crippen LogP contribution in [0.15, 0.2) is 24.3 Å². The lowest BCUT2D eigenvalue weighted by Gasteiger charge is -2.12. The van der Waals surface area contributed by atoms with Gasteiger partial charge in [0.05, 0.1) is 9.26 Å². The van der Waals surface area contributed by atoms with Crippen LogP contribution in [0.5, 0.6) is 0 Å². The van der Waals surface area contributed by atoms with Crippen LogP contribution in [-0.4, -0.2) is 16.5 Å². The van der Waals surface area contributed by atoms with Crippen molar-refractivity contribution in [3.8, 4) is 11.4 Å². The summed E-state index contributed by atoms with van der Waals surface area (Å²) in [5, 5.41) is 3.39.